The number of aromatic nitrogens is 2. The van der Waals surface area contributed by atoms with Crippen LogP contribution in [-0.4, -0.2) is 16.7 Å². The van der Waals surface area contributed by atoms with Crippen LogP contribution in [-0.2, 0) is 6.42 Å². The molecule has 1 N–H and O–H groups in total. The van der Waals surface area contributed by atoms with Crippen molar-refractivity contribution in [3.8, 4) is 11.4 Å². The van der Waals surface area contributed by atoms with Crippen LogP contribution in [0.25, 0.3) is 11.4 Å². The van der Waals surface area contributed by atoms with Crippen molar-refractivity contribution in [2.24, 2.45) is 0 Å². The van der Waals surface area contributed by atoms with Crippen LogP contribution in [0.4, 0.5) is 0 Å². The minimum Gasteiger partial charge on any atom is -0.337 e. The number of nitrogens with one attached hydrogen (secondary N) is 1. The summed E-state index contributed by atoms with van der Waals surface area (Å²) in [5.41, 5.74) is 2.34. The lowest BCUT2D eigenvalue weighted by atomic mass is 10.1. The van der Waals surface area contributed by atoms with Crippen molar-refractivity contribution in [2.45, 2.75) is 45.1 Å². The van der Waals surface area contributed by atoms with Gasteiger partial charge in [0, 0.05) is 5.56 Å². The van der Waals surface area contributed by atoms with Crippen LogP contribution in [0.2, 0.25) is 0 Å². The molecule has 4 nitrogen and oxygen atoms in total. The third-order valence-electron chi connectivity index (χ3n) is 3.92. The molecule has 1 atom stereocenters. The maximum absolute atomic E-state index is 5.45. The van der Waals surface area contributed by atoms with Gasteiger partial charge in [-0.3, -0.25) is 0 Å². The predicted molar refractivity (Wildman–Crippen MR) is 78.3 cm³/mol. The van der Waals surface area contributed by atoms with Gasteiger partial charge in [-0.1, -0.05) is 49.2 Å². The molecule has 0 bridgehead atoms. The lowest BCUT2D eigenvalue weighted by Gasteiger charge is -2.09. The van der Waals surface area contributed by atoms with Crippen LogP contribution < -0.4 is 5.32 Å². The van der Waals surface area contributed by atoms with Crippen molar-refractivity contribution in [3.63, 3.8) is 0 Å². The number of hydrogen-bond acceptors (Lipinski definition) is 4. The highest BCUT2D eigenvalue weighted by atomic mass is 16.5. The normalized spacial score (nSPS) is 19.8. The number of rotatable bonds is 3. The van der Waals surface area contributed by atoms with E-state index in [4.69, 9.17) is 4.52 Å². The summed E-state index contributed by atoms with van der Waals surface area (Å²) in [6.07, 6.45) is 5.86. The highest BCUT2D eigenvalue weighted by Crippen LogP contribution is 2.24. The molecule has 3 rings (SSSR count). The van der Waals surface area contributed by atoms with Crippen LogP contribution in [0.15, 0.2) is 28.8 Å². The van der Waals surface area contributed by atoms with E-state index in [2.05, 4.69) is 46.6 Å². The predicted octanol–water partition coefficient (Wildman–Crippen LogP) is 3.50. The maximum atomic E-state index is 5.45. The number of nitrogens with zero attached hydrogens (tertiary/aromatic N) is 2. The van der Waals surface area contributed by atoms with Gasteiger partial charge in [0.1, 0.15) is 0 Å². The highest BCUT2D eigenvalue weighted by molar-refractivity contribution is 5.54. The summed E-state index contributed by atoms with van der Waals surface area (Å²) < 4.78 is 5.45. The fourth-order valence-electron chi connectivity index (χ4n) is 2.62. The molecule has 1 aromatic heterocycles. The number of benzene rings is 1. The molecule has 1 fully saturated rings. The minimum atomic E-state index is 0.216. The Hall–Kier alpha value is -1.68. The Kier molecular flexibility index (Phi) is 4.11. The third-order valence-corrected chi connectivity index (χ3v) is 3.92. The number of hydrogen-bond donors (Lipinski definition) is 1. The SMILES string of the molecule is CCc1ccc(-c2noc(C3CCCCCN3)n2)cc1. The summed E-state index contributed by atoms with van der Waals surface area (Å²) in [6, 6.07) is 8.58. The molecule has 0 saturated carbocycles. The maximum Gasteiger partial charge on any atom is 0.244 e. The molecule has 106 valence electrons. The van der Waals surface area contributed by atoms with E-state index in [9.17, 15) is 0 Å². The molecule has 2 heterocycles. The Morgan fingerprint density at radius 2 is 2.05 bits per heavy atom. The van der Waals surface area contributed by atoms with E-state index in [0.717, 1.165) is 30.8 Å². The zero-order valence-electron chi connectivity index (χ0n) is 11.9. The van der Waals surface area contributed by atoms with E-state index in [1.165, 1.54) is 24.8 Å². The fraction of sp³-hybridized carbons (Fsp3) is 0.500. The van der Waals surface area contributed by atoms with E-state index in [-0.39, 0.29) is 6.04 Å². The smallest absolute Gasteiger partial charge is 0.244 e. The largest absolute Gasteiger partial charge is 0.337 e. The topological polar surface area (TPSA) is 51.0 Å². The molecule has 4 heteroatoms. The summed E-state index contributed by atoms with van der Waals surface area (Å²) in [5.74, 6) is 1.41. The Morgan fingerprint density at radius 1 is 1.20 bits per heavy atom. The second-order valence-electron chi connectivity index (χ2n) is 5.36. The van der Waals surface area contributed by atoms with Crippen LogP contribution in [0.3, 0.4) is 0 Å². The van der Waals surface area contributed by atoms with Crippen LogP contribution in [0.1, 0.15) is 50.1 Å². The van der Waals surface area contributed by atoms with Crippen molar-refractivity contribution in [2.75, 3.05) is 6.54 Å². The second kappa shape index (κ2) is 6.18. The fourth-order valence-corrected chi connectivity index (χ4v) is 2.62. The van der Waals surface area contributed by atoms with Gasteiger partial charge in [-0.15, -0.1) is 0 Å². The molecule has 1 aliphatic rings. The van der Waals surface area contributed by atoms with Gasteiger partial charge in [-0.05, 0) is 31.4 Å². The van der Waals surface area contributed by atoms with Gasteiger partial charge in [0.25, 0.3) is 0 Å². The monoisotopic (exact) mass is 271 g/mol. The molecule has 1 aromatic carbocycles. The summed E-state index contributed by atoms with van der Waals surface area (Å²) in [5, 5.41) is 7.61. The average molecular weight is 271 g/mol. The Balaban J connectivity index is 1.78. The summed E-state index contributed by atoms with van der Waals surface area (Å²) in [6.45, 7) is 3.19. The summed E-state index contributed by atoms with van der Waals surface area (Å²) in [7, 11) is 0. The van der Waals surface area contributed by atoms with Gasteiger partial charge in [0.05, 0.1) is 6.04 Å². The first-order valence-corrected chi connectivity index (χ1v) is 7.53. The van der Waals surface area contributed by atoms with Crippen molar-refractivity contribution in [1.29, 1.82) is 0 Å². The summed E-state index contributed by atoms with van der Waals surface area (Å²) in [4.78, 5) is 4.56. The molecule has 0 spiro atoms. The Bertz CT molecular complexity index is 539. The first-order chi connectivity index (χ1) is 9.86. The van der Waals surface area contributed by atoms with E-state index < -0.39 is 0 Å². The second-order valence-corrected chi connectivity index (χ2v) is 5.36. The van der Waals surface area contributed by atoms with Gasteiger partial charge < -0.3 is 9.84 Å². The van der Waals surface area contributed by atoms with Crippen LogP contribution >= 0.6 is 0 Å². The molecule has 0 amide bonds. The van der Waals surface area contributed by atoms with Crippen molar-refractivity contribution in [3.05, 3.63) is 35.7 Å². The standard InChI is InChI=1S/C16H21N3O/c1-2-12-7-9-13(10-8-12)15-18-16(20-19-15)14-6-4-3-5-11-17-14/h7-10,14,17H,2-6,11H2,1H3. The van der Waals surface area contributed by atoms with Crippen LogP contribution in [0, 0.1) is 0 Å². The molecular weight excluding hydrogens is 250 g/mol. The van der Waals surface area contributed by atoms with Gasteiger partial charge in [-0.2, -0.15) is 4.98 Å². The third kappa shape index (κ3) is 2.90. The van der Waals surface area contributed by atoms with Gasteiger partial charge in [0.2, 0.25) is 11.7 Å². The van der Waals surface area contributed by atoms with Crippen molar-refractivity contribution >= 4 is 0 Å². The average Bonchev–Trinajstić information content (AvgIpc) is 2.83. The highest BCUT2D eigenvalue weighted by Gasteiger charge is 2.20. The van der Waals surface area contributed by atoms with Gasteiger partial charge in [0.15, 0.2) is 0 Å². The zero-order valence-corrected chi connectivity index (χ0v) is 11.9. The lowest BCUT2D eigenvalue weighted by molar-refractivity contribution is 0.327. The Labute approximate surface area is 119 Å². The van der Waals surface area contributed by atoms with E-state index in [1.807, 2.05) is 0 Å². The van der Waals surface area contributed by atoms with E-state index in [1.54, 1.807) is 0 Å². The quantitative estimate of drug-likeness (QED) is 0.928. The summed E-state index contributed by atoms with van der Waals surface area (Å²) >= 11 is 0. The molecule has 0 aliphatic carbocycles. The first-order valence-electron chi connectivity index (χ1n) is 7.53. The Morgan fingerprint density at radius 3 is 2.85 bits per heavy atom. The zero-order chi connectivity index (χ0) is 13.8. The van der Waals surface area contributed by atoms with E-state index >= 15 is 0 Å². The van der Waals surface area contributed by atoms with Gasteiger partial charge in [-0.25, -0.2) is 0 Å². The molecule has 20 heavy (non-hydrogen) atoms. The molecule has 1 saturated heterocycles. The van der Waals surface area contributed by atoms with Crippen LogP contribution in [0.5, 0.6) is 0 Å². The van der Waals surface area contributed by atoms with Crippen molar-refractivity contribution < 1.29 is 4.52 Å². The van der Waals surface area contributed by atoms with E-state index in [0.29, 0.717) is 5.82 Å². The van der Waals surface area contributed by atoms with Crippen molar-refractivity contribution in [1.82, 2.24) is 15.5 Å². The molecule has 1 aliphatic heterocycles. The van der Waals surface area contributed by atoms with Gasteiger partial charge >= 0.3 is 0 Å². The lowest BCUT2D eigenvalue weighted by Crippen LogP contribution is -2.20. The molecular formula is C16H21N3O. The molecule has 2 aromatic rings. The number of aryl methyl sites for hydroxylation is 1. The molecule has 0 radical (unpaired) electrons. The minimum absolute atomic E-state index is 0.216. The first kappa shape index (κ1) is 13.3. The molecule has 1 unspecified atom stereocenters.